The van der Waals surface area contributed by atoms with Crippen LogP contribution in [0.2, 0.25) is 0 Å². The monoisotopic (exact) mass is 648 g/mol. The smallest absolute Gasteiger partial charge is 0.408 e. The lowest BCUT2D eigenvalue weighted by molar-refractivity contribution is -0.118. The molecular weight excluding hydrogens is 604 g/mol. The molecule has 2 aliphatic heterocycles. The van der Waals surface area contributed by atoms with Crippen molar-refractivity contribution >= 4 is 23.5 Å². The minimum absolute atomic E-state index is 0.245. The zero-order chi connectivity index (χ0) is 33.6. The van der Waals surface area contributed by atoms with Crippen LogP contribution in [0.3, 0.4) is 0 Å². The SMILES string of the molecule is Cc1cnn(C)c1-c1ccc(NC(=O)[C@@H](NC(=O)OC(C)(C)C)[C@@H](c2cccc(-c3ccnc(N4C[C@@H]5C[C@H]4CO5)c3)c2)C2CC2)cc1. The highest BCUT2D eigenvalue weighted by Gasteiger charge is 2.43. The number of hydrogen-bond donors (Lipinski definition) is 2. The topological polar surface area (TPSA) is 111 Å². The molecule has 2 N–H and O–H groups in total. The molecule has 4 heterocycles. The first-order valence-electron chi connectivity index (χ1n) is 16.9. The Morgan fingerprint density at radius 1 is 1.02 bits per heavy atom. The Morgan fingerprint density at radius 3 is 2.44 bits per heavy atom. The predicted molar refractivity (Wildman–Crippen MR) is 186 cm³/mol. The largest absolute Gasteiger partial charge is 0.444 e. The number of ether oxygens (including phenoxy) is 2. The summed E-state index contributed by atoms with van der Waals surface area (Å²) in [7, 11) is 1.91. The fraction of sp³-hybridized carbons (Fsp3) is 0.421. The summed E-state index contributed by atoms with van der Waals surface area (Å²) in [4.78, 5) is 34.4. The van der Waals surface area contributed by atoms with Gasteiger partial charge in [0.1, 0.15) is 17.5 Å². The molecule has 10 nitrogen and oxygen atoms in total. The number of nitrogens with zero attached hydrogens (tertiary/aromatic N) is 4. The average molecular weight is 649 g/mol. The lowest BCUT2D eigenvalue weighted by Crippen LogP contribution is -2.49. The van der Waals surface area contributed by atoms with Crippen molar-refractivity contribution in [2.75, 3.05) is 23.4 Å². The van der Waals surface area contributed by atoms with Gasteiger partial charge >= 0.3 is 6.09 Å². The number of morpholine rings is 1. The van der Waals surface area contributed by atoms with Crippen LogP contribution < -0.4 is 15.5 Å². The molecule has 2 amide bonds. The summed E-state index contributed by atoms with van der Waals surface area (Å²) in [5.41, 5.74) is 6.14. The van der Waals surface area contributed by atoms with Gasteiger partial charge in [0.05, 0.1) is 30.6 Å². The van der Waals surface area contributed by atoms with Crippen LogP contribution >= 0.6 is 0 Å². The molecule has 48 heavy (non-hydrogen) atoms. The standard InChI is InChI=1S/C38H44N6O4/c1-23-20-40-43(5)35(23)25-11-13-29(14-12-25)41-36(45)34(42-37(46)48-38(2,3)4)33(24-9-10-24)28-8-6-7-26(17-28)27-15-16-39-32(18-27)44-21-31-19-30(44)22-47-31/h6-8,11-18,20,24,30-31,33-34H,9-10,19,21-22H2,1-5H3,(H,41,45)(H,42,46)/t30-,31-,33+,34-/m0/s1. The molecule has 2 aromatic heterocycles. The van der Waals surface area contributed by atoms with Crippen molar-refractivity contribution in [2.24, 2.45) is 13.0 Å². The third kappa shape index (κ3) is 6.80. The Hall–Kier alpha value is -4.70. The van der Waals surface area contributed by atoms with E-state index in [9.17, 15) is 9.59 Å². The molecule has 0 radical (unpaired) electrons. The second-order valence-corrected chi connectivity index (χ2v) is 14.4. The number of alkyl carbamates (subject to hydrolysis) is 1. The van der Waals surface area contributed by atoms with Crippen LogP contribution in [0.4, 0.5) is 16.3 Å². The maximum absolute atomic E-state index is 14.2. The number of fused-ring (bicyclic) bond motifs is 2. The number of carbonyl (C=O) groups excluding carboxylic acids is 2. The molecule has 4 aromatic rings. The molecule has 2 bridgehead atoms. The highest BCUT2D eigenvalue weighted by Crippen LogP contribution is 2.46. The van der Waals surface area contributed by atoms with Gasteiger partial charge in [0, 0.05) is 37.0 Å². The molecule has 3 fully saturated rings. The van der Waals surface area contributed by atoms with Crippen molar-refractivity contribution < 1.29 is 19.1 Å². The molecule has 2 saturated heterocycles. The molecular formula is C38H44N6O4. The number of benzene rings is 2. The van der Waals surface area contributed by atoms with E-state index in [2.05, 4.69) is 44.9 Å². The number of nitrogens with one attached hydrogen (secondary N) is 2. The predicted octanol–water partition coefficient (Wildman–Crippen LogP) is 6.46. The van der Waals surface area contributed by atoms with Gasteiger partial charge in [-0.25, -0.2) is 9.78 Å². The first-order chi connectivity index (χ1) is 23.0. The summed E-state index contributed by atoms with van der Waals surface area (Å²) in [5.74, 6) is 0.668. The van der Waals surface area contributed by atoms with Crippen LogP contribution in [0.25, 0.3) is 22.4 Å². The van der Waals surface area contributed by atoms with Crippen molar-refractivity contribution in [1.82, 2.24) is 20.1 Å². The van der Waals surface area contributed by atoms with Gasteiger partial charge in [-0.3, -0.25) is 9.48 Å². The molecule has 1 aliphatic carbocycles. The molecule has 2 aromatic carbocycles. The molecule has 4 atom stereocenters. The Balaban J connectivity index is 1.17. The quantitative estimate of drug-likeness (QED) is 0.214. The summed E-state index contributed by atoms with van der Waals surface area (Å²) in [5, 5.41) is 10.4. The van der Waals surface area contributed by atoms with Crippen LogP contribution in [0.1, 0.15) is 57.1 Å². The summed E-state index contributed by atoms with van der Waals surface area (Å²) in [6.45, 7) is 9.09. The maximum atomic E-state index is 14.2. The normalized spacial score (nSPS) is 20.0. The van der Waals surface area contributed by atoms with Gasteiger partial charge in [-0.1, -0.05) is 36.4 Å². The summed E-state index contributed by atoms with van der Waals surface area (Å²) < 4.78 is 13.3. The van der Waals surface area contributed by atoms with Gasteiger partial charge in [-0.15, -0.1) is 0 Å². The molecule has 7 rings (SSSR count). The van der Waals surface area contributed by atoms with Crippen molar-refractivity contribution in [3.8, 4) is 22.4 Å². The number of pyridine rings is 1. The van der Waals surface area contributed by atoms with E-state index in [0.29, 0.717) is 11.7 Å². The minimum atomic E-state index is -0.852. The molecule has 0 unspecified atom stereocenters. The van der Waals surface area contributed by atoms with Crippen molar-refractivity contribution in [3.63, 3.8) is 0 Å². The van der Waals surface area contributed by atoms with E-state index in [1.165, 1.54) is 0 Å². The Morgan fingerprint density at radius 2 is 1.79 bits per heavy atom. The van der Waals surface area contributed by atoms with Gasteiger partial charge in [-0.2, -0.15) is 5.10 Å². The van der Waals surface area contributed by atoms with E-state index in [0.717, 1.165) is 71.7 Å². The Bertz CT molecular complexity index is 1790. The van der Waals surface area contributed by atoms with E-state index < -0.39 is 17.7 Å². The van der Waals surface area contributed by atoms with E-state index in [4.69, 9.17) is 14.5 Å². The third-order valence-electron chi connectivity index (χ3n) is 9.54. The van der Waals surface area contributed by atoms with Crippen LogP contribution in [0.5, 0.6) is 0 Å². The average Bonchev–Trinajstić information content (AvgIpc) is 3.49. The van der Waals surface area contributed by atoms with E-state index in [-0.39, 0.29) is 23.8 Å². The van der Waals surface area contributed by atoms with Crippen molar-refractivity contribution in [2.45, 2.75) is 76.7 Å². The first kappa shape index (κ1) is 31.9. The first-order valence-corrected chi connectivity index (χ1v) is 16.9. The fourth-order valence-electron chi connectivity index (χ4n) is 7.20. The highest BCUT2D eigenvalue weighted by molar-refractivity contribution is 5.97. The lowest BCUT2D eigenvalue weighted by atomic mass is 9.85. The summed E-state index contributed by atoms with van der Waals surface area (Å²) >= 11 is 0. The molecule has 3 aliphatic rings. The van der Waals surface area contributed by atoms with E-state index in [1.807, 2.05) is 88.2 Å². The number of hydrogen-bond acceptors (Lipinski definition) is 7. The van der Waals surface area contributed by atoms with Crippen LogP contribution in [-0.4, -0.2) is 63.7 Å². The van der Waals surface area contributed by atoms with E-state index >= 15 is 0 Å². The molecule has 1 saturated carbocycles. The molecule has 250 valence electrons. The van der Waals surface area contributed by atoms with Crippen LogP contribution in [-0.2, 0) is 21.3 Å². The zero-order valence-electron chi connectivity index (χ0n) is 28.3. The van der Waals surface area contributed by atoms with Crippen LogP contribution in [0.15, 0.2) is 73.1 Å². The minimum Gasteiger partial charge on any atom is -0.444 e. The highest BCUT2D eigenvalue weighted by atomic mass is 16.6. The fourth-order valence-corrected chi connectivity index (χ4v) is 7.20. The number of aryl methyl sites for hydroxylation is 2. The van der Waals surface area contributed by atoms with Crippen molar-refractivity contribution in [3.05, 3.63) is 84.2 Å². The summed E-state index contributed by atoms with van der Waals surface area (Å²) in [6.07, 6.45) is 6.38. The second kappa shape index (κ2) is 12.7. The number of amides is 2. The molecule has 0 spiro atoms. The van der Waals surface area contributed by atoms with Crippen molar-refractivity contribution in [1.29, 1.82) is 0 Å². The number of anilines is 2. The van der Waals surface area contributed by atoms with E-state index in [1.54, 1.807) is 0 Å². The van der Waals surface area contributed by atoms with Gasteiger partial charge in [-0.05, 0) is 99.4 Å². The number of aromatic nitrogens is 3. The van der Waals surface area contributed by atoms with Gasteiger partial charge in [0.25, 0.3) is 0 Å². The lowest BCUT2D eigenvalue weighted by Gasteiger charge is -2.30. The Kier molecular flexibility index (Phi) is 8.45. The number of carbonyl (C=O) groups is 2. The van der Waals surface area contributed by atoms with Gasteiger partial charge in [0.15, 0.2) is 0 Å². The maximum Gasteiger partial charge on any atom is 0.408 e. The zero-order valence-corrected chi connectivity index (χ0v) is 28.3. The van der Waals surface area contributed by atoms with Crippen LogP contribution in [0, 0.1) is 12.8 Å². The van der Waals surface area contributed by atoms with Gasteiger partial charge in [0.2, 0.25) is 5.91 Å². The third-order valence-corrected chi connectivity index (χ3v) is 9.54. The summed E-state index contributed by atoms with van der Waals surface area (Å²) in [6, 6.07) is 19.8. The Labute approximate surface area is 281 Å². The second-order valence-electron chi connectivity index (χ2n) is 14.4. The number of rotatable bonds is 9. The molecule has 10 heteroatoms. The van der Waals surface area contributed by atoms with Gasteiger partial charge < -0.3 is 25.0 Å².